The number of nitriles is 1. The van der Waals surface area contributed by atoms with E-state index in [1.807, 2.05) is 0 Å². The molecule has 0 spiro atoms. The third-order valence-electron chi connectivity index (χ3n) is 1.86. The van der Waals surface area contributed by atoms with E-state index in [4.69, 9.17) is 5.26 Å². The zero-order chi connectivity index (χ0) is 12.1. The molecule has 0 bridgehead atoms. The SMILES string of the molecule is COC(=O)C(O)C(O)c1cnc(C#N)nc1. The summed E-state index contributed by atoms with van der Waals surface area (Å²) >= 11 is 0. The first-order valence-corrected chi connectivity index (χ1v) is 4.26. The summed E-state index contributed by atoms with van der Waals surface area (Å²) in [6.45, 7) is 0. The molecule has 2 atom stereocenters. The van der Waals surface area contributed by atoms with Gasteiger partial charge < -0.3 is 14.9 Å². The lowest BCUT2D eigenvalue weighted by Gasteiger charge is -2.14. The van der Waals surface area contributed by atoms with E-state index in [1.165, 1.54) is 0 Å². The number of nitrogens with zero attached hydrogens (tertiary/aromatic N) is 3. The van der Waals surface area contributed by atoms with Gasteiger partial charge in [0.25, 0.3) is 0 Å². The molecule has 1 heterocycles. The fourth-order valence-corrected chi connectivity index (χ4v) is 0.980. The Morgan fingerprint density at radius 2 is 2.06 bits per heavy atom. The number of hydrogen-bond donors (Lipinski definition) is 2. The van der Waals surface area contributed by atoms with Crippen molar-refractivity contribution in [3.8, 4) is 6.07 Å². The Kier molecular flexibility index (Phi) is 3.88. The van der Waals surface area contributed by atoms with E-state index in [0.29, 0.717) is 0 Å². The van der Waals surface area contributed by atoms with E-state index >= 15 is 0 Å². The molecule has 7 nitrogen and oxygen atoms in total. The Bertz CT molecular complexity index is 412. The monoisotopic (exact) mass is 223 g/mol. The van der Waals surface area contributed by atoms with Crippen molar-refractivity contribution >= 4 is 5.97 Å². The third-order valence-corrected chi connectivity index (χ3v) is 1.86. The first-order valence-electron chi connectivity index (χ1n) is 4.26. The largest absolute Gasteiger partial charge is 0.467 e. The molecule has 1 rings (SSSR count). The number of carbonyl (C=O) groups is 1. The highest BCUT2D eigenvalue weighted by molar-refractivity contribution is 5.75. The second kappa shape index (κ2) is 5.16. The highest BCUT2D eigenvalue weighted by Gasteiger charge is 2.26. The molecule has 7 heteroatoms. The van der Waals surface area contributed by atoms with Gasteiger partial charge in [-0.15, -0.1) is 0 Å². The van der Waals surface area contributed by atoms with Crippen LogP contribution in [-0.4, -0.2) is 39.4 Å². The summed E-state index contributed by atoms with van der Waals surface area (Å²) in [5.74, 6) is -1.03. The molecule has 0 radical (unpaired) electrons. The summed E-state index contributed by atoms with van der Waals surface area (Å²) in [6.07, 6.45) is -0.883. The van der Waals surface area contributed by atoms with E-state index in [1.54, 1.807) is 6.07 Å². The van der Waals surface area contributed by atoms with E-state index in [9.17, 15) is 15.0 Å². The van der Waals surface area contributed by atoms with Crippen molar-refractivity contribution in [2.75, 3.05) is 7.11 Å². The molecule has 0 aromatic carbocycles. The van der Waals surface area contributed by atoms with Crippen LogP contribution >= 0.6 is 0 Å². The van der Waals surface area contributed by atoms with E-state index < -0.39 is 18.2 Å². The van der Waals surface area contributed by atoms with Crippen LogP contribution < -0.4 is 0 Å². The van der Waals surface area contributed by atoms with E-state index in [0.717, 1.165) is 19.5 Å². The number of esters is 1. The van der Waals surface area contributed by atoms with Crippen LogP contribution in [0.3, 0.4) is 0 Å². The summed E-state index contributed by atoms with van der Waals surface area (Å²) in [5, 5.41) is 27.3. The van der Waals surface area contributed by atoms with Gasteiger partial charge in [-0.05, 0) is 0 Å². The van der Waals surface area contributed by atoms with Crippen LogP contribution in [0.2, 0.25) is 0 Å². The minimum absolute atomic E-state index is 0.0662. The van der Waals surface area contributed by atoms with Gasteiger partial charge in [0.2, 0.25) is 5.82 Å². The molecule has 84 valence electrons. The summed E-state index contributed by atoms with van der Waals surface area (Å²) in [7, 11) is 1.09. The number of aliphatic hydroxyl groups excluding tert-OH is 2. The fourth-order valence-electron chi connectivity index (χ4n) is 0.980. The Hall–Kier alpha value is -2.04. The standard InChI is InChI=1S/C9H9N3O4/c1-16-9(15)8(14)7(13)5-3-11-6(2-10)12-4-5/h3-4,7-8,13-14H,1H3. The van der Waals surface area contributed by atoms with Crippen molar-refractivity contribution in [3.63, 3.8) is 0 Å². The van der Waals surface area contributed by atoms with Crippen molar-refractivity contribution in [2.45, 2.75) is 12.2 Å². The zero-order valence-electron chi connectivity index (χ0n) is 8.36. The summed E-state index contributed by atoms with van der Waals surface area (Å²) in [4.78, 5) is 18.1. The number of hydrogen-bond acceptors (Lipinski definition) is 7. The van der Waals surface area contributed by atoms with Gasteiger partial charge in [0, 0.05) is 18.0 Å². The number of methoxy groups -OCH3 is 1. The maximum Gasteiger partial charge on any atom is 0.337 e. The molecular formula is C9H9N3O4. The van der Waals surface area contributed by atoms with E-state index in [2.05, 4.69) is 14.7 Å². The van der Waals surface area contributed by atoms with Crippen molar-refractivity contribution in [1.29, 1.82) is 5.26 Å². The van der Waals surface area contributed by atoms with Crippen molar-refractivity contribution in [1.82, 2.24) is 9.97 Å². The maximum absolute atomic E-state index is 10.9. The number of aliphatic hydroxyl groups is 2. The van der Waals surface area contributed by atoms with Gasteiger partial charge in [0.15, 0.2) is 6.10 Å². The second-order valence-corrected chi connectivity index (χ2v) is 2.86. The Labute approximate surface area is 91.0 Å². The molecule has 0 fully saturated rings. The summed E-state index contributed by atoms with van der Waals surface area (Å²) < 4.78 is 4.26. The van der Waals surface area contributed by atoms with Crippen molar-refractivity contribution < 1.29 is 19.7 Å². The summed E-state index contributed by atoms with van der Waals surface area (Å²) in [6, 6.07) is 1.70. The van der Waals surface area contributed by atoms with Gasteiger partial charge in [-0.25, -0.2) is 14.8 Å². The van der Waals surface area contributed by atoms with Crippen LogP contribution in [0.15, 0.2) is 12.4 Å². The van der Waals surface area contributed by atoms with Crippen molar-refractivity contribution in [2.24, 2.45) is 0 Å². The minimum atomic E-state index is -1.71. The number of aromatic nitrogens is 2. The second-order valence-electron chi connectivity index (χ2n) is 2.86. The highest BCUT2D eigenvalue weighted by atomic mass is 16.5. The molecule has 0 aliphatic heterocycles. The summed E-state index contributed by atoms with van der Waals surface area (Å²) in [5.41, 5.74) is 0.122. The highest BCUT2D eigenvalue weighted by Crippen LogP contribution is 2.15. The molecule has 0 saturated carbocycles. The first-order chi connectivity index (χ1) is 7.60. The molecule has 16 heavy (non-hydrogen) atoms. The first kappa shape index (κ1) is 12.0. The molecule has 1 aromatic heterocycles. The van der Waals surface area contributed by atoms with Crippen LogP contribution in [-0.2, 0) is 9.53 Å². The molecule has 0 saturated heterocycles. The molecule has 0 aliphatic carbocycles. The van der Waals surface area contributed by atoms with Gasteiger partial charge in [-0.2, -0.15) is 5.26 Å². The van der Waals surface area contributed by atoms with Gasteiger partial charge >= 0.3 is 5.97 Å². The van der Waals surface area contributed by atoms with Gasteiger partial charge in [-0.3, -0.25) is 0 Å². The normalized spacial score (nSPS) is 13.6. The van der Waals surface area contributed by atoms with Crippen LogP contribution in [0, 0.1) is 11.3 Å². The number of ether oxygens (including phenoxy) is 1. The molecular weight excluding hydrogens is 214 g/mol. The molecule has 2 N–H and O–H groups in total. The Balaban J connectivity index is 2.84. The quantitative estimate of drug-likeness (QED) is 0.625. The molecule has 0 aliphatic rings. The van der Waals surface area contributed by atoms with Gasteiger partial charge in [0.1, 0.15) is 12.2 Å². The molecule has 1 aromatic rings. The minimum Gasteiger partial charge on any atom is -0.467 e. The van der Waals surface area contributed by atoms with E-state index in [-0.39, 0.29) is 11.4 Å². The predicted octanol–water partition coefficient (Wildman–Crippen LogP) is -1.08. The smallest absolute Gasteiger partial charge is 0.337 e. The van der Waals surface area contributed by atoms with Gasteiger partial charge in [-0.1, -0.05) is 0 Å². The Morgan fingerprint density at radius 3 is 2.50 bits per heavy atom. The van der Waals surface area contributed by atoms with Gasteiger partial charge in [0.05, 0.1) is 7.11 Å². The van der Waals surface area contributed by atoms with Crippen LogP contribution in [0.1, 0.15) is 17.5 Å². The lowest BCUT2D eigenvalue weighted by atomic mass is 10.1. The average Bonchev–Trinajstić information content (AvgIpc) is 2.36. The lowest BCUT2D eigenvalue weighted by Crippen LogP contribution is -2.29. The number of rotatable bonds is 3. The predicted molar refractivity (Wildman–Crippen MR) is 49.7 cm³/mol. The maximum atomic E-state index is 10.9. The van der Waals surface area contributed by atoms with Crippen LogP contribution in [0.4, 0.5) is 0 Å². The fraction of sp³-hybridized carbons (Fsp3) is 0.333. The zero-order valence-corrected chi connectivity index (χ0v) is 8.36. The van der Waals surface area contributed by atoms with Crippen LogP contribution in [0.25, 0.3) is 0 Å². The topological polar surface area (TPSA) is 116 Å². The Morgan fingerprint density at radius 1 is 1.50 bits per heavy atom. The van der Waals surface area contributed by atoms with Crippen molar-refractivity contribution in [3.05, 3.63) is 23.8 Å². The molecule has 2 unspecified atom stereocenters. The number of carbonyl (C=O) groups excluding carboxylic acids is 1. The van der Waals surface area contributed by atoms with Crippen LogP contribution in [0.5, 0.6) is 0 Å². The lowest BCUT2D eigenvalue weighted by molar-refractivity contribution is -0.156. The third kappa shape index (κ3) is 2.50. The average molecular weight is 223 g/mol. The molecule has 0 amide bonds.